The Labute approximate surface area is 132 Å². The highest BCUT2D eigenvalue weighted by molar-refractivity contribution is 5.68. The van der Waals surface area contributed by atoms with E-state index in [1.807, 2.05) is 19.1 Å². The average molecular weight is 306 g/mol. The van der Waals surface area contributed by atoms with Gasteiger partial charge in [0, 0.05) is 0 Å². The van der Waals surface area contributed by atoms with Crippen LogP contribution in [0.15, 0.2) is 18.2 Å². The molecule has 0 aliphatic heterocycles. The van der Waals surface area contributed by atoms with Crippen LogP contribution in [-0.4, -0.2) is 28.9 Å². The van der Waals surface area contributed by atoms with E-state index in [-0.39, 0.29) is 12.7 Å². The molecule has 2 unspecified atom stereocenters. The van der Waals surface area contributed by atoms with Crippen LogP contribution in [0, 0.1) is 0 Å². The van der Waals surface area contributed by atoms with E-state index in [4.69, 9.17) is 9.84 Å². The first-order chi connectivity index (χ1) is 10.6. The van der Waals surface area contributed by atoms with Gasteiger partial charge in [0.05, 0.1) is 6.10 Å². The van der Waals surface area contributed by atoms with Gasteiger partial charge in [-0.25, -0.2) is 4.79 Å². The van der Waals surface area contributed by atoms with Gasteiger partial charge in [-0.05, 0) is 61.6 Å². The molecule has 2 atom stereocenters. The molecule has 0 saturated heterocycles. The van der Waals surface area contributed by atoms with Gasteiger partial charge in [-0.3, -0.25) is 0 Å². The Balaban J connectivity index is 2.03. The maximum absolute atomic E-state index is 10.7. The van der Waals surface area contributed by atoms with Crippen molar-refractivity contribution in [3.63, 3.8) is 0 Å². The zero-order valence-electron chi connectivity index (χ0n) is 13.3. The molecule has 122 valence electrons. The fourth-order valence-corrected chi connectivity index (χ4v) is 3.29. The summed E-state index contributed by atoms with van der Waals surface area (Å²) in [6.07, 6.45) is 6.82. The third-order valence-electron chi connectivity index (χ3n) is 4.50. The number of carbonyl (C=O) groups is 1. The SMILES string of the molecule is CCC(O)CCCC1CCCc2c(OCC(=O)O)cccc21. The molecule has 0 bridgehead atoms. The summed E-state index contributed by atoms with van der Waals surface area (Å²) in [5.74, 6) is 0.276. The molecule has 0 amide bonds. The number of fused-ring (bicyclic) bond motifs is 1. The van der Waals surface area contributed by atoms with Crippen LogP contribution in [0.1, 0.15) is 62.5 Å². The Morgan fingerprint density at radius 1 is 1.45 bits per heavy atom. The number of hydrogen-bond donors (Lipinski definition) is 2. The van der Waals surface area contributed by atoms with Crippen LogP contribution in [0.5, 0.6) is 5.75 Å². The summed E-state index contributed by atoms with van der Waals surface area (Å²) in [5.41, 5.74) is 2.48. The summed E-state index contributed by atoms with van der Waals surface area (Å²) in [6.45, 7) is 1.72. The lowest BCUT2D eigenvalue weighted by atomic mass is 9.79. The average Bonchev–Trinajstić information content (AvgIpc) is 2.52. The highest BCUT2D eigenvalue weighted by Crippen LogP contribution is 2.39. The molecule has 0 aromatic heterocycles. The second kappa shape index (κ2) is 8.18. The second-order valence-corrected chi connectivity index (χ2v) is 6.09. The van der Waals surface area contributed by atoms with E-state index in [9.17, 15) is 9.90 Å². The van der Waals surface area contributed by atoms with E-state index < -0.39 is 5.97 Å². The fourth-order valence-electron chi connectivity index (χ4n) is 3.29. The first kappa shape index (κ1) is 16.8. The van der Waals surface area contributed by atoms with Gasteiger partial charge in [0.1, 0.15) is 5.75 Å². The van der Waals surface area contributed by atoms with Gasteiger partial charge in [0.25, 0.3) is 0 Å². The number of aliphatic hydroxyl groups excluding tert-OH is 1. The van der Waals surface area contributed by atoms with Crippen LogP contribution in [0.4, 0.5) is 0 Å². The van der Waals surface area contributed by atoms with Crippen LogP contribution < -0.4 is 4.74 Å². The zero-order valence-corrected chi connectivity index (χ0v) is 13.3. The minimum absolute atomic E-state index is 0.187. The molecule has 1 aromatic carbocycles. The summed E-state index contributed by atoms with van der Waals surface area (Å²) >= 11 is 0. The summed E-state index contributed by atoms with van der Waals surface area (Å²) in [5, 5.41) is 18.4. The lowest BCUT2D eigenvalue weighted by molar-refractivity contribution is -0.139. The van der Waals surface area contributed by atoms with Crippen LogP contribution in [0.2, 0.25) is 0 Å². The molecular formula is C18H26O4. The van der Waals surface area contributed by atoms with E-state index >= 15 is 0 Å². The first-order valence-corrected chi connectivity index (χ1v) is 8.26. The zero-order chi connectivity index (χ0) is 15.9. The highest BCUT2D eigenvalue weighted by atomic mass is 16.5. The Hall–Kier alpha value is -1.55. The predicted molar refractivity (Wildman–Crippen MR) is 85.4 cm³/mol. The number of hydrogen-bond acceptors (Lipinski definition) is 3. The normalized spacial score (nSPS) is 18.5. The second-order valence-electron chi connectivity index (χ2n) is 6.09. The number of carboxylic acid groups (broad SMARTS) is 1. The molecule has 2 rings (SSSR count). The topological polar surface area (TPSA) is 66.8 Å². The molecule has 4 heteroatoms. The van der Waals surface area contributed by atoms with Crippen LogP contribution in [-0.2, 0) is 11.2 Å². The third-order valence-corrected chi connectivity index (χ3v) is 4.50. The van der Waals surface area contributed by atoms with Crippen LogP contribution in [0.25, 0.3) is 0 Å². The first-order valence-electron chi connectivity index (χ1n) is 8.26. The number of aliphatic carboxylic acids is 1. The quantitative estimate of drug-likeness (QED) is 0.771. The van der Waals surface area contributed by atoms with Gasteiger partial charge in [-0.2, -0.15) is 0 Å². The number of benzene rings is 1. The van der Waals surface area contributed by atoms with Crippen molar-refractivity contribution < 1.29 is 19.7 Å². The van der Waals surface area contributed by atoms with E-state index in [2.05, 4.69) is 6.07 Å². The Morgan fingerprint density at radius 2 is 2.27 bits per heavy atom. The van der Waals surface area contributed by atoms with E-state index in [0.29, 0.717) is 5.92 Å². The van der Waals surface area contributed by atoms with Gasteiger partial charge in [-0.15, -0.1) is 0 Å². The number of rotatable bonds is 8. The fraction of sp³-hybridized carbons (Fsp3) is 0.611. The molecule has 0 saturated carbocycles. The molecular weight excluding hydrogens is 280 g/mol. The van der Waals surface area contributed by atoms with E-state index in [1.54, 1.807) is 0 Å². The van der Waals surface area contributed by atoms with Gasteiger partial charge in [0.2, 0.25) is 0 Å². The summed E-state index contributed by atoms with van der Waals surface area (Å²) < 4.78 is 5.43. The van der Waals surface area contributed by atoms with Crippen molar-refractivity contribution in [2.45, 2.75) is 63.9 Å². The molecule has 1 aliphatic rings. The number of carboxylic acids is 1. The van der Waals surface area contributed by atoms with Crippen molar-refractivity contribution in [1.82, 2.24) is 0 Å². The molecule has 22 heavy (non-hydrogen) atoms. The minimum atomic E-state index is -0.946. The molecule has 1 aromatic rings. The van der Waals surface area contributed by atoms with Crippen molar-refractivity contribution in [2.24, 2.45) is 0 Å². The van der Waals surface area contributed by atoms with Crippen LogP contribution >= 0.6 is 0 Å². The van der Waals surface area contributed by atoms with Crippen molar-refractivity contribution >= 4 is 5.97 Å². The number of ether oxygens (including phenoxy) is 1. The molecule has 0 heterocycles. The molecule has 0 spiro atoms. The van der Waals surface area contributed by atoms with Gasteiger partial charge < -0.3 is 14.9 Å². The summed E-state index contributed by atoms with van der Waals surface area (Å²) in [6, 6.07) is 5.96. The summed E-state index contributed by atoms with van der Waals surface area (Å²) in [4.78, 5) is 10.7. The highest BCUT2D eigenvalue weighted by Gasteiger charge is 2.23. The Morgan fingerprint density at radius 3 is 3.00 bits per heavy atom. The number of aliphatic hydroxyl groups is 1. The van der Waals surface area contributed by atoms with Crippen molar-refractivity contribution in [3.8, 4) is 5.75 Å². The van der Waals surface area contributed by atoms with Crippen molar-refractivity contribution in [3.05, 3.63) is 29.3 Å². The molecule has 0 fully saturated rings. The predicted octanol–water partition coefficient (Wildman–Crippen LogP) is 3.51. The van der Waals surface area contributed by atoms with Crippen molar-refractivity contribution in [2.75, 3.05) is 6.61 Å². The van der Waals surface area contributed by atoms with Gasteiger partial charge >= 0.3 is 5.97 Å². The lowest BCUT2D eigenvalue weighted by Gasteiger charge is -2.27. The standard InChI is InChI=1S/C18H26O4/c1-2-14(19)8-3-6-13-7-4-10-16-15(13)9-5-11-17(16)22-12-18(20)21/h5,9,11,13-14,19H,2-4,6-8,10,12H2,1H3,(H,20,21). The summed E-state index contributed by atoms with van der Waals surface area (Å²) in [7, 11) is 0. The Bertz CT molecular complexity index is 498. The molecule has 2 N–H and O–H groups in total. The maximum atomic E-state index is 10.7. The molecule has 1 aliphatic carbocycles. The van der Waals surface area contributed by atoms with Crippen molar-refractivity contribution in [1.29, 1.82) is 0 Å². The lowest BCUT2D eigenvalue weighted by Crippen LogP contribution is -2.15. The van der Waals surface area contributed by atoms with Gasteiger partial charge in [0.15, 0.2) is 6.61 Å². The smallest absolute Gasteiger partial charge is 0.341 e. The third kappa shape index (κ3) is 4.47. The Kier molecular flexibility index (Phi) is 6.25. The minimum Gasteiger partial charge on any atom is -0.482 e. The largest absolute Gasteiger partial charge is 0.482 e. The van der Waals surface area contributed by atoms with Gasteiger partial charge in [-0.1, -0.05) is 25.5 Å². The van der Waals surface area contributed by atoms with Crippen LogP contribution in [0.3, 0.4) is 0 Å². The van der Waals surface area contributed by atoms with E-state index in [1.165, 1.54) is 11.1 Å². The monoisotopic (exact) mass is 306 g/mol. The maximum Gasteiger partial charge on any atom is 0.341 e. The molecule has 4 nitrogen and oxygen atoms in total. The van der Waals surface area contributed by atoms with E-state index in [0.717, 1.165) is 50.7 Å². The molecule has 0 radical (unpaired) electrons.